The lowest BCUT2D eigenvalue weighted by atomic mass is 10.1. The fourth-order valence-corrected chi connectivity index (χ4v) is 2.09. The lowest BCUT2D eigenvalue weighted by Crippen LogP contribution is -2.05. The number of rotatable bonds is 6. The number of ketones is 1. The van der Waals surface area contributed by atoms with Gasteiger partial charge in [-0.2, -0.15) is 0 Å². The molecule has 0 aliphatic heterocycles. The average molecular weight is 350 g/mol. The van der Waals surface area contributed by atoms with Gasteiger partial charge >= 0.3 is 0 Å². The van der Waals surface area contributed by atoms with Crippen LogP contribution in [-0.4, -0.2) is 17.7 Å². The molecule has 0 fully saturated rings. The van der Waals surface area contributed by atoms with E-state index >= 15 is 0 Å². The average Bonchev–Trinajstić information content (AvgIpc) is 2.30. The maximum absolute atomic E-state index is 11.9. The molecule has 0 aromatic heterocycles. The molecule has 4 heteroatoms. The highest BCUT2D eigenvalue weighted by molar-refractivity contribution is 9.09. The van der Waals surface area contributed by atoms with E-state index in [2.05, 4.69) is 31.9 Å². The minimum Gasteiger partial charge on any atom is -0.493 e. The van der Waals surface area contributed by atoms with Gasteiger partial charge in [-0.15, -0.1) is 0 Å². The van der Waals surface area contributed by atoms with Crippen LogP contribution in [0, 0.1) is 0 Å². The van der Waals surface area contributed by atoms with Crippen molar-refractivity contribution in [2.45, 2.75) is 18.7 Å². The van der Waals surface area contributed by atoms with Crippen LogP contribution in [0.15, 0.2) is 18.2 Å². The van der Waals surface area contributed by atoms with Crippen molar-refractivity contribution in [3.05, 3.63) is 29.3 Å². The standard InChI is InChI=1S/C12H14Br2O2/c1-2-16-12-4-3-9(8-14)7-10(12)11(15)5-6-13/h3-4,7H,2,5-6,8H2,1H3. The molecule has 88 valence electrons. The van der Waals surface area contributed by atoms with E-state index in [1.165, 1.54) is 0 Å². The van der Waals surface area contributed by atoms with Gasteiger partial charge < -0.3 is 4.74 Å². The smallest absolute Gasteiger partial charge is 0.167 e. The van der Waals surface area contributed by atoms with Gasteiger partial charge in [0.05, 0.1) is 12.2 Å². The Bertz CT molecular complexity index is 364. The highest BCUT2D eigenvalue weighted by Crippen LogP contribution is 2.23. The van der Waals surface area contributed by atoms with Crippen LogP contribution >= 0.6 is 31.9 Å². The summed E-state index contributed by atoms with van der Waals surface area (Å²) in [6.07, 6.45) is 0.492. The number of Topliss-reactive ketones (excluding diaryl/α,β-unsaturated/α-hetero) is 1. The largest absolute Gasteiger partial charge is 0.493 e. The number of carbonyl (C=O) groups is 1. The van der Waals surface area contributed by atoms with Crippen LogP contribution in [0.4, 0.5) is 0 Å². The van der Waals surface area contributed by atoms with Gasteiger partial charge in [-0.3, -0.25) is 4.79 Å². The van der Waals surface area contributed by atoms with E-state index in [9.17, 15) is 4.79 Å². The molecule has 0 aliphatic rings. The van der Waals surface area contributed by atoms with Crippen molar-refractivity contribution < 1.29 is 9.53 Å². The van der Waals surface area contributed by atoms with Gasteiger partial charge in [0.2, 0.25) is 0 Å². The number of hydrogen-bond donors (Lipinski definition) is 0. The molecule has 0 N–H and O–H groups in total. The third-order valence-corrected chi connectivity index (χ3v) is 3.16. The first kappa shape index (κ1) is 13.7. The Hall–Kier alpha value is -0.350. The highest BCUT2D eigenvalue weighted by Gasteiger charge is 2.12. The summed E-state index contributed by atoms with van der Waals surface area (Å²) >= 11 is 6.66. The van der Waals surface area contributed by atoms with Gasteiger partial charge in [0.1, 0.15) is 5.75 Å². The molecular weight excluding hydrogens is 336 g/mol. The number of hydrogen-bond acceptors (Lipinski definition) is 2. The quantitative estimate of drug-likeness (QED) is 0.574. The molecule has 0 atom stereocenters. The monoisotopic (exact) mass is 348 g/mol. The summed E-state index contributed by atoms with van der Waals surface area (Å²) < 4.78 is 5.45. The maximum atomic E-state index is 11.9. The molecule has 0 saturated heterocycles. The predicted molar refractivity (Wildman–Crippen MR) is 73.0 cm³/mol. The van der Waals surface area contributed by atoms with Crippen LogP contribution in [-0.2, 0) is 5.33 Å². The fraction of sp³-hybridized carbons (Fsp3) is 0.417. The van der Waals surface area contributed by atoms with Gasteiger partial charge in [0.25, 0.3) is 0 Å². The molecule has 0 bridgehead atoms. The van der Waals surface area contributed by atoms with Gasteiger partial charge in [-0.1, -0.05) is 37.9 Å². The zero-order valence-electron chi connectivity index (χ0n) is 9.13. The van der Waals surface area contributed by atoms with E-state index in [-0.39, 0.29) is 5.78 Å². The topological polar surface area (TPSA) is 26.3 Å². The summed E-state index contributed by atoms with van der Waals surface area (Å²) in [5, 5.41) is 1.42. The molecule has 16 heavy (non-hydrogen) atoms. The van der Waals surface area contributed by atoms with Crippen LogP contribution in [0.2, 0.25) is 0 Å². The molecule has 0 saturated carbocycles. The number of alkyl halides is 2. The fourth-order valence-electron chi connectivity index (χ4n) is 1.38. The summed E-state index contributed by atoms with van der Waals surface area (Å²) in [7, 11) is 0. The van der Waals surface area contributed by atoms with Crippen molar-refractivity contribution in [3.8, 4) is 5.75 Å². The minimum absolute atomic E-state index is 0.114. The van der Waals surface area contributed by atoms with E-state index in [4.69, 9.17) is 4.74 Å². The number of benzene rings is 1. The summed E-state index contributed by atoms with van der Waals surface area (Å²) in [5.41, 5.74) is 1.76. The molecule has 0 unspecified atom stereocenters. The molecule has 0 aliphatic carbocycles. The summed E-state index contributed by atoms with van der Waals surface area (Å²) in [6.45, 7) is 2.49. The first-order valence-corrected chi connectivity index (χ1v) is 7.38. The Morgan fingerprint density at radius 2 is 2.12 bits per heavy atom. The third kappa shape index (κ3) is 3.59. The second-order valence-electron chi connectivity index (χ2n) is 3.26. The molecule has 1 rings (SSSR count). The molecule has 1 aromatic carbocycles. The predicted octanol–water partition coefficient (Wildman–Crippen LogP) is 3.95. The van der Waals surface area contributed by atoms with Crippen molar-refractivity contribution >= 4 is 37.6 Å². The van der Waals surface area contributed by atoms with Gasteiger partial charge in [0, 0.05) is 17.1 Å². The van der Waals surface area contributed by atoms with Gasteiger partial charge in [-0.05, 0) is 24.6 Å². The Morgan fingerprint density at radius 3 is 2.69 bits per heavy atom. The Kier molecular flexibility index (Phi) is 6.06. The van der Waals surface area contributed by atoms with Crippen LogP contribution in [0.3, 0.4) is 0 Å². The van der Waals surface area contributed by atoms with Gasteiger partial charge in [0.15, 0.2) is 5.78 Å². The van der Waals surface area contributed by atoms with E-state index in [0.717, 1.165) is 10.9 Å². The normalized spacial score (nSPS) is 10.2. The van der Waals surface area contributed by atoms with Crippen LogP contribution in [0.1, 0.15) is 29.3 Å². The lowest BCUT2D eigenvalue weighted by molar-refractivity contribution is 0.0986. The van der Waals surface area contributed by atoms with E-state index < -0.39 is 0 Å². The van der Waals surface area contributed by atoms with Crippen LogP contribution < -0.4 is 4.74 Å². The first-order valence-electron chi connectivity index (χ1n) is 5.13. The SMILES string of the molecule is CCOc1ccc(CBr)cc1C(=O)CCBr. The molecular formula is C12H14Br2O2. The lowest BCUT2D eigenvalue weighted by Gasteiger charge is -2.10. The number of halogens is 2. The zero-order chi connectivity index (χ0) is 12.0. The summed E-state index contributed by atoms with van der Waals surface area (Å²) in [6, 6.07) is 5.72. The second-order valence-corrected chi connectivity index (χ2v) is 4.61. The minimum atomic E-state index is 0.114. The molecule has 0 heterocycles. The van der Waals surface area contributed by atoms with Crippen molar-refractivity contribution in [3.63, 3.8) is 0 Å². The number of ether oxygens (including phenoxy) is 1. The maximum Gasteiger partial charge on any atom is 0.167 e. The van der Waals surface area contributed by atoms with E-state index in [1.54, 1.807) is 0 Å². The van der Waals surface area contributed by atoms with Crippen molar-refractivity contribution in [2.24, 2.45) is 0 Å². The highest BCUT2D eigenvalue weighted by atomic mass is 79.9. The molecule has 0 spiro atoms. The molecule has 2 nitrogen and oxygen atoms in total. The van der Waals surface area contributed by atoms with E-state index in [0.29, 0.717) is 29.7 Å². The van der Waals surface area contributed by atoms with Crippen LogP contribution in [0.25, 0.3) is 0 Å². The Morgan fingerprint density at radius 1 is 1.38 bits per heavy atom. The van der Waals surface area contributed by atoms with Crippen molar-refractivity contribution in [2.75, 3.05) is 11.9 Å². The van der Waals surface area contributed by atoms with Crippen molar-refractivity contribution in [1.82, 2.24) is 0 Å². The number of carbonyl (C=O) groups excluding carboxylic acids is 1. The summed E-state index contributed by atoms with van der Waals surface area (Å²) in [4.78, 5) is 11.9. The molecule has 0 radical (unpaired) electrons. The van der Waals surface area contributed by atoms with Crippen molar-refractivity contribution in [1.29, 1.82) is 0 Å². The molecule has 0 amide bonds. The van der Waals surface area contributed by atoms with Gasteiger partial charge in [-0.25, -0.2) is 0 Å². The second kappa shape index (κ2) is 7.07. The Balaban J connectivity index is 3.04. The first-order chi connectivity index (χ1) is 7.72. The van der Waals surface area contributed by atoms with Crippen LogP contribution in [0.5, 0.6) is 5.75 Å². The summed E-state index contributed by atoms with van der Waals surface area (Å²) in [5.74, 6) is 0.793. The molecule has 1 aromatic rings. The van der Waals surface area contributed by atoms with E-state index in [1.807, 2.05) is 25.1 Å². The Labute approximate surface area is 113 Å². The zero-order valence-corrected chi connectivity index (χ0v) is 12.3. The third-order valence-electron chi connectivity index (χ3n) is 2.12.